The van der Waals surface area contributed by atoms with Crippen molar-refractivity contribution in [3.63, 3.8) is 0 Å². The second-order valence-electron chi connectivity index (χ2n) is 4.35. The summed E-state index contributed by atoms with van der Waals surface area (Å²) in [6, 6.07) is 0. The molecule has 0 heterocycles. The topological polar surface area (TPSA) is 83.8 Å². The highest BCUT2D eigenvalue weighted by atomic mass is 16.5. The predicted octanol–water partition coefficient (Wildman–Crippen LogP) is 2.06. The summed E-state index contributed by atoms with van der Waals surface area (Å²) in [5.41, 5.74) is 0.422. The summed E-state index contributed by atoms with van der Waals surface area (Å²) in [6.45, 7) is 8.99. The summed E-state index contributed by atoms with van der Waals surface area (Å²) in [7, 11) is 0. The maximum Gasteiger partial charge on any atom is 0.333 e. The lowest BCUT2D eigenvalue weighted by Crippen LogP contribution is -2.12. The molecule has 0 rings (SSSR count). The first-order valence-corrected chi connectivity index (χ1v) is 6.32. The first kappa shape index (κ1) is 17.4. The number of aliphatic carboxylic acids is 1. The predicted molar refractivity (Wildman–Crippen MR) is 71.6 cm³/mol. The van der Waals surface area contributed by atoms with Crippen LogP contribution in [0.5, 0.6) is 0 Å². The quantitative estimate of drug-likeness (QED) is 0.360. The van der Waals surface area contributed by atoms with Crippen LogP contribution in [0.1, 0.15) is 39.0 Å². The number of carbonyl (C=O) groups excluding carboxylic acids is 1. The van der Waals surface area contributed by atoms with Crippen LogP contribution >= 0.6 is 0 Å². The van der Waals surface area contributed by atoms with Crippen molar-refractivity contribution in [3.8, 4) is 0 Å². The highest BCUT2D eigenvalue weighted by Crippen LogP contribution is 2.10. The summed E-state index contributed by atoms with van der Waals surface area (Å²) in [6.07, 6.45) is 1.80. The molecule has 0 fully saturated rings. The van der Waals surface area contributed by atoms with Crippen LogP contribution in [0, 0.1) is 0 Å². The monoisotopic (exact) mass is 270 g/mol. The molecule has 2 N–H and O–H groups in total. The minimum atomic E-state index is -1.04. The average Bonchev–Trinajstić information content (AvgIpc) is 2.39. The van der Waals surface area contributed by atoms with Crippen molar-refractivity contribution in [1.82, 2.24) is 0 Å². The molecule has 0 aromatic heterocycles. The molecule has 0 amide bonds. The standard InChI is InChI=1S/C14H22O5/c1-4-12(15)8-7-11(3)14(18)19-9-5-6-10(2)13(16)17/h12,15H,2-9H2,1H3,(H,16,17). The van der Waals surface area contributed by atoms with Crippen LogP contribution in [0.25, 0.3) is 0 Å². The van der Waals surface area contributed by atoms with Crippen LogP contribution in [-0.2, 0) is 14.3 Å². The van der Waals surface area contributed by atoms with Gasteiger partial charge in [-0.15, -0.1) is 0 Å². The summed E-state index contributed by atoms with van der Waals surface area (Å²) in [5.74, 6) is -1.53. The SMILES string of the molecule is C=C(CCCOC(=O)C(=C)CCC(O)CC)C(=O)O. The molecular formula is C14H22O5. The van der Waals surface area contributed by atoms with Crippen LogP contribution < -0.4 is 0 Å². The third-order valence-corrected chi connectivity index (χ3v) is 2.70. The fraction of sp³-hybridized carbons (Fsp3) is 0.571. The number of carbonyl (C=O) groups is 2. The van der Waals surface area contributed by atoms with Crippen molar-refractivity contribution < 1.29 is 24.5 Å². The van der Waals surface area contributed by atoms with Crippen molar-refractivity contribution in [2.75, 3.05) is 6.61 Å². The molecular weight excluding hydrogens is 248 g/mol. The molecule has 0 aliphatic heterocycles. The van der Waals surface area contributed by atoms with Crippen molar-refractivity contribution in [3.05, 3.63) is 24.3 Å². The van der Waals surface area contributed by atoms with Crippen LogP contribution in [-0.4, -0.2) is 34.9 Å². The van der Waals surface area contributed by atoms with Gasteiger partial charge in [0.05, 0.1) is 12.7 Å². The molecule has 0 saturated heterocycles. The number of hydrogen-bond acceptors (Lipinski definition) is 4. The van der Waals surface area contributed by atoms with E-state index in [-0.39, 0.29) is 18.6 Å². The Morgan fingerprint density at radius 2 is 1.84 bits per heavy atom. The molecule has 5 heteroatoms. The van der Waals surface area contributed by atoms with E-state index in [0.717, 1.165) is 0 Å². The van der Waals surface area contributed by atoms with Crippen molar-refractivity contribution in [2.45, 2.75) is 45.1 Å². The van der Waals surface area contributed by atoms with Crippen molar-refractivity contribution in [2.24, 2.45) is 0 Å². The molecule has 19 heavy (non-hydrogen) atoms. The fourth-order valence-electron chi connectivity index (χ4n) is 1.31. The fourth-order valence-corrected chi connectivity index (χ4v) is 1.31. The normalized spacial score (nSPS) is 11.7. The summed E-state index contributed by atoms with van der Waals surface area (Å²) < 4.78 is 4.95. The zero-order chi connectivity index (χ0) is 14.8. The maximum absolute atomic E-state index is 11.5. The number of aliphatic hydroxyl groups is 1. The lowest BCUT2D eigenvalue weighted by molar-refractivity contribution is -0.139. The van der Waals surface area contributed by atoms with Gasteiger partial charge in [0.2, 0.25) is 0 Å². The lowest BCUT2D eigenvalue weighted by Gasteiger charge is -2.09. The van der Waals surface area contributed by atoms with Gasteiger partial charge in [-0.25, -0.2) is 9.59 Å². The van der Waals surface area contributed by atoms with Gasteiger partial charge in [0.15, 0.2) is 0 Å². The summed E-state index contributed by atoms with van der Waals surface area (Å²) >= 11 is 0. The van der Waals surface area contributed by atoms with Gasteiger partial charge in [-0.1, -0.05) is 20.1 Å². The smallest absolute Gasteiger partial charge is 0.333 e. The Balaban J connectivity index is 3.77. The second-order valence-corrected chi connectivity index (χ2v) is 4.35. The first-order chi connectivity index (χ1) is 8.88. The summed E-state index contributed by atoms with van der Waals surface area (Å²) in [5, 5.41) is 17.9. The highest BCUT2D eigenvalue weighted by molar-refractivity contribution is 5.87. The van der Waals surface area contributed by atoms with Crippen molar-refractivity contribution in [1.29, 1.82) is 0 Å². The Hall–Kier alpha value is -1.62. The Labute approximate surface area is 113 Å². The Bertz CT molecular complexity index is 346. The number of esters is 1. The van der Waals surface area contributed by atoms with Gasteiger partial charge in [-0.2, -0.15) is 0 Å². The third-order valence-electron chi connectivity index (χ3n) is 2.70. The molecule has 0 saturated carbocycles. The molecule has 1 atom stereocenters. The van der Waals surface area contributed by atoms with Crippen LogP contribution in [0.3, 0.4) is 0 Å². The summed E-state index contributed by atoms with van der Waals surface area (Å²) in [4.78, 5) is 21.9. The largest absolute Gasteiger partial charge is 0.478 e. The van der Waals surface area contributed by atoms with Gasteiger partial charge in [0, 0.05) is 11.1 Å². The van der Waals surface area contributed by atoms with Crippen LogP contribution in [0.4, 0.5) is 0 Å². The molecule has 0 aliphatic carbocycles. The van der Waals surface area contributed by atoms with E-state index in [9.17, 15) is 14.7 Å². The lowest BCUT2D eigenvalue weighted by atomic mass is 10.1. The van der Waals surface area contributed by atoms with E-state index in [4.69, 9.17) is 9.84 Å². The molecule has 5 nitrogen and oxygen atoms in total. The zero-order valence-electron chi connectivity index (χ0n) is 11.4. The van der Waals surface area contributed by atoms with Gasteiger partial charge in [-0.3, -0.25) is 0 Å². The Morgan fingerprint density at radius 1 is 1.21 bits per heavy atom. The molecule has 0 aliphatic rings. The van der Waals surface area contributed by atoms with E-state index in [1.54, 1.807) is 0 Å². The van der Waals surface area contributed by atoms with E-state index in [1.165, 1.54) is 0 Å². The second kappa shape index (κ2) is 9.33. The van der Waals surface area contributed by atoms with Crippen LogP contribution in [0.15, 0.2) is 24.3 Å². The molecule has 0 bridgehead atoms. The minimum Gasteiger partial charge on any atom is -0.478 e. The van der Waals surface area contributed by atoms with Gasteiger partial charge in [-0.05, 0) is 32.1 Å². The van der Waals surface area contributed by atoms with Gasteiger partial charge >= 0.3 is 11.9 Å². The van der Waals surface area contributed by atoms with Crippen LogP contribution in [0.2, 0.25) is 0 Å². The number of carboxylic acid groups (broad SMARTS) is 1. The van der Waals surface area contributed by atoms with Gasteiger partial charge in [0.25, 0.3) is 0 Å². The minimum absolute atomic E-state index is 0.0981. The molecule has 0 spiro atoms. The van der Waals surface area contributed by atoms with E-state index in [0.29, 0.717) is 31.3 Å². The number of hydrogen-bond donors (Lipinski definition) is 2. The molecule has 108 valence electrons. The number of ether oxygens (including phenoxy) is 1. The highest BCUT2D eigenvalue weighted by Gasteiger charge is 2.11. The van der Waals surface area contributed by atoms with Gasteiger partial charge < -0.3 is 14.9 Å². The number of aliphatic hydroxyl groups excluding tert-OH is 1. The first-order valence-electron chi connectivity index (χ1n) is 6.32. The van der Waals surface area contributed by atoms with E-state index in [1.807, 2.05) is 6.92 Å². The zero-order valence-corrected chi connectivity index (χ0v) is 11.4. The molecule has 1 unspecified atom stereocenters. The number of carboxylic acids is 1. The average molecular weight is 270 g/mol. The maximum atomic E-state index is 11.5. The van der Waals surface area contributed by atoms with Crippen molar-refractivity contribution >= 4 is 11.9 Å². The van der Waals surface area contributed by atoms with Gasteiger partial charge in [0.1, 0.15) is 0 Å². The Kier molecular flexibility index (Phi) is 8.53. The third kappa shape index (κ3) is 8.15. The van der Waals surface area contributed by atoms with E-state index >= 15 is 0 Å². The van der Waals surface area contributed by atoms with E-state index < -0.39 is 18.0 Å². The number of rotatable bonds is 10. The molecule has 0 aromatic carbocycles. The Morgan fingerprint density at radius 3 is 2.37 bits per heavy atom. The molecule has 0 aromatic rings. The van der Waals surface area contributed by atoms with E-state index in [2.05, 4.69) is 13.2 Å². The molecule has 0 radical (unpaired) electrons.